The number of hydrogen-bond acceptors (Lipinski definition) is 3. The van der Waals surface area contributed by atoms with Gasteiger partial charge in [-0.15, -0.1) is 0 Å². The zero-order valence-corrected chi connectivity index (χ0v) is 9.13. The number of nitrogens with two attached hydrogens (primary N) is 1. The molecule has 78 valence electrons. The van der Waals surface area contributed by atoms with E-state index in [4.69, 9.17) is 10.5 Å². The zero-order valence-electron chi connectivity index (χ0n) is 8.32. The molecule has 1 saturated heterocycles. The second kappa shape index (κ2) is 4.91. The molecule has 2 heterocycles. The van der Waals surface area contributed by atoms with Crippen LogP contribution >= 0.6 is 11.3 Å². The first kappa shape index (κ1) is 10.1. The van der Waals surface area contributed by atoms with Crippen LogP contribution in [0.5, 0.6) is 0 Å². The normalized spacial score (nSPS) is 27.8. The fourth-order valence-corrected chi connectivity index (χ4v) is 2.60. The van der Waals surface area contributed by atoms with Crippen LogP contribution < -0.4 is 5.73 Å². The standard InChI is InChI=1S/C11H17NOS/c12-11-3-5-13-7-10(11)2-1-9-4-6-14-8-9/h4,6,8,10-11H,1-3,5,7,12H2. The van der Waals surface area contributed by atoms with Crippen molar-refractivity contribution in [1.29, 1.82) is 0 Å². The van der Waals surface area contributed by atoms with Gasteiger partial charge in [-0.05, 0) is 47.6 Å². The highest BCUT2D eigenvalue weighted by Gasteiger charge is 2.21. The molecule has 0 radical (unpaired) electrons. The summed E-state index contributed by atoms with van der Waals surface area (Å²) in [5.74, 6) is 0.559. The van der Waals surface area contributed by atoms with Gasteiger partial charge in [-0.25, -0.2) is 0 Å². The lowest BCUT2D eigenvalue weighted by atomic mass is 9.91. The second-order valence-corrected chi connectivity index (χ2v) is 4.74. The van der Waals surface area contributed by atoms with Gasteiger partial charge < -0.3 is 10.5 Å². The van der Waals surface area contributed by atoms with Gasteiger partial charge in [0.05, 0.1) is 6.61 Å². The fourth-order valence-electron chi connectivity index (χ4n) is 1.90. The van der Waals surface area contributed by atoms with E-state index in [2.05, 4.69) is 16.8 Å². The minimum absolute atomic E-state index is 0.349. The fraction of sp³-hybridized carbons (Fsp3) is 0.636. The van der Waals surface area contributed by atoms with E-state index < -0.39 is 0 Å². The summed E-state index contributed by atoms with van der Waals surface area (Å²) < 4.78 is 5.45. The van der Waals surface area contributed by atoms with Gasteiger partial charge in [-0.1, -0.05) is 0 Å². The van der Waals surface area contributed by atoms with Gasteiger partial charge in [0.1, 0.15) is 0 Å². The zero-order chi connectivity index (χ0) is 9.80. The van der Waals surface area contributed by atoms with Gasteiger partial charge in [0.15, 0.2) is 0 Å². The molecule has 2 unspecified atom stereocenters. The molecule has 0 aliphatic carbocycles. The van der Waals surface area contributed by atoms with Crippen LogP contribution in [0.4, 0.5) is 0 Å². The van der Waals surface area contributed by atoms with E-state index in [-0.39, 0.29) is 0 Å². The maximum atomic E-state index is 6.04. The van der Waals surface area contributed by atoms with Gasteiger partial charge in [0, 0.05) is 12.6 Å². The first-order valence-electron chi connectivity index (χ1n) is 5.20. The Kier molecular flexibility index (Phi) is 3.56. The summed E-state index contributed by atoms with van der Waals surface area (Å²) in [5, 5.41) is 4.35. The molecule has 0 saturated carbocycles. The van der Waals surface area contributed by atoms with E-state index in [1.165, 1.54) is 5.56 Å². The van der Waals surface area contributed by atoms with Crippen LogP contribution in [0.1, 0.15) is 18.4 Å². The van der Waals surface area contributed by atoms with Gasteiger partial charge in [-0.2, -0.15) is 11.3 Å². The van der Waals surface area contributed by atoms with Crippen LogP contribution in [0, 0.1) is 5.92 Å². The summed E-state index contributed by atoms with van der Waals surface area (Å²) in [4.78, 5) is 0. The molecular weight excluding hydrogens is 194 g/mol. The molecule has 2 N–H and O–H groups in total. The molecule has 0 bridgehead atoms. The third kappa shape index (κ3) is 2.56. The maximum absolute atomic E-state index is 6.04. The third-order valence-electron chi connectivity index (χ3n) is 2.92. The SMILES string of the molecule is NC1CCOCC1CCc1ccsc1. The molecular formula is C11H17NOS. The minimum atomic E-state index is 0.349. The van der Waals surface area contributed by atoms with Crippen molar-refractivity contribution in [2.75, 3.05) is 13.2 Å². The average molecular weight is 211 g/mol. The predicted molar refractivity (Wildman–Crippen MR) is 59.5 cm³/mol. The molecule has 14 heavy (non-hydrogen) atoms. The van der Waals surface area contributed by atoms with Gasteiger partial charge in [0.25, 0.3) is 0 Å². The Morgan fingerprint density at radius 1 is 1.57 bits per heavy atom. The highest BCUT2D eigenvalue weighted by molar-refractivity contribution is 7.07. The molecule has 3 heteroatoms. The van der Waals surface area contributed by atoms with Crippen LogP contribution in [0.3, 0.4) is 0 Å². The van der Waals surface area contributed by atoms with E-state index in [9.17, 15) is 0 Å². The molecule has 1 fully saturated rings. The number of hydrogen-bond donors (Lipinski definition) is 1. The summed E-state index contributed by atoms with van der Waals surface area (Å²) in [6.07, 6.45) is 3.33. The van der Waals surface area contributed by atoms with Crippen molar-refractivity contribution in [1.82, 2.24) is 0 Å². The number of ether oxygens (including phenoxy) is 1. The Labute approximate surface area is 89.1 Å². The lowest BCUT2D eigenvalue weighted by Crippen LogP contribution is -2.38. The van der Waals surface area contributed by atoms with Crippen molar-refractivity contribution in [3.8, 4) is 0 Å². The Balaban J connectivity index is 1.79. The number of rotatable bonds is 3. The lowest BCUT2D eigenvalue weighted by Gasteiger charge is -2.28. The average Bonchev–Trinajstić information content (AvgIpc) is 2.69. The first-order chi connectivity index (χ1) is 6.86. The summed E-state index contributed by atoms with van der Waals surface area (Å²) in [7, 11) is 0. The topological polar surface area (TPSA) is 35.2 Å². The first-order valence-corrected chi connectivity index (χ1v) is 6.15. The van der Waals surface area contributed by atoms with Crippen LogP contribution in [-0.2, 0) is 11.2 Å². The van der Waals surface area contributed by atoms with E-state index in [1.54, 1.807) is 11.3 Å². The predicted octanol–water partition coefficient (Wildman–Crippen LogP) is 2.04. The quantitative estimate of drug-likeness (QED) is 0.830. The van der Waals surface area contributed by atoms with Crippen molar-refractivity contribution in [3.63, 3.8) is 0 Å². The van der Waals surface area contributed by atoms with Crippen molar-refractivity contribution < 1.29 is 4.74 Å². The van der Waals surface area contributed by atoms with Gasteiger partial charge in [-0.3, -0.25) is 0 Å². The van der Waals surface area contributed by atoms with E-state index in [0.29, 0.717) is 12.0 Å². The van der Waals surface area contributed by atoms with Crippen molar-refractivity contribution in [3.05, 3.63) is 22.4 Å². The lowest BCUT2D eigenvalue weighted by molar-refractivity contribution is 0.0390. The van der Waals surface area contributed by atoms with Crippen LogP contribution in [0.25, 0.3) is 0 Å². The monoisotopic (exact) mass is 211 g/mol. The molecule has 2 atom stereocenters. The van der Waals surface area contributed by atoms with Crippen molar-refractivity contribution in [2.45, 2.75) is 25.3 Å². The molecule has 2 nitrogen and oxygen atoms in total. The highest BCUT2D eigenvalue weighted by Crippen LogP contribution is 2.19. The van der Waals surface area contributed by atoms with E-state index in [0.717, 1.165) is 32.5 Å². The Hall–Kier alpha value is -0.380. The van der Waals surface area contributed by atoms with E-state index >= 15 is 0 Å². The van der Waals surface area contributed by atoms with Crippen molar-refractivity contribution in [2.24, 2.45) is 11.7 Å². The van der Waals surface area contributed by atoms with Crippen molar-refractivity contribution >= 4 is 11.3 Å². The number of thiophene rings is 1. The molecule has 1 aliphatic heterocycles. The Morgan fingerprint density at radius 3 is 3.21 bits per heavy atom. The summed E-state index contributed by atoms with van der Waals surface area (Å²) >= 11 is 1.76. The Bertz CT molecular complexity index is 260. The Morgan fingerprint density at radius 2 is 2.50 bits per heavy atom. The summed E-state index contributed by atoms with van der Waals surface area (Å²) in [5.41, 5.74) is 7.48. The van der Waals surface area contributed by atoms with E-state index in [1.807, 2.05) is 0 Å². The van der Waals surface area contributed by atoms with Crippen LogP contribution in [0.2, 0.25) is 0 Å². The number of aryl methyl sites for hydroxylation is 1. The molecule has 0 spiro atoms. The van der Waals surface area contributed by atoms with Crippen LogP contribution in [0.15, 0.2) is 16.8 Å². The molecule has 1 aliphatic rings. The molecule has 2 rings (SSSR count). The maximum Gasteiger partial charge on any atom is 0.0509 e. The largest absolute Gasteiger partial charge is 0.381 e. The smallest absolute Gasteiger partial charge is 0.0509 e. The van der Waals surface area contributed by atoms with Crippen LogP contribution in [-0.4, -0.2) is 19.3 Å². The third-order valence-corrected chi connectivity index (χ3v) is 3.65. The second-order valence-electron chi connectivity index (χ2n) is 3.96. The molecule has 0 aromatic carbocycles. The molecule has 0 amide bonds. The van der Waals surface area contributed by atoms with Gasteiger partial charge >= 0.3 is 0 Å². The molecule has 1 aromatic rings. The summed E-state index contributed by atoms with van der Waals surface area (Å²) in [6.45, 7) is 1.70. The molecule has 1 aromatic heterocycles. The highest BCUT2D eigenvalue weighted by atomic mass is 32.1. The van der Waals surface area contributed by atoms with Gasteiger partial charge in [0.2, 0.25) is 0 Å². The summed E-state index contributed by atoms with van der Waals surface area (Å²) in [6, 6.07) is 2.54. The minimum Gasteiger partial charge on any atom is -0.381 e.